The topological polar surface area (TPSA) is 41.6 Å². The Balaban J connectivity index is 1.93. The van der Waals surface area contributed by atoms with E-state index < -0.39 is 0 Å². The van der Waals surface area contributed by atoms with Gasteiger partial charge in [-0.15, -0.1) is 0 Å². The van der Waals surface area contributed by atoms with Crippen LogP contribution in [0.25, 0.3) is 0 Å². The van der Waals surface area contributed by atoms with E-state index in [1.807, 2.05) is 0 Å². The number of piperidine rings is 1. The van der Waals surface area contributed by atoms with Crippen LogP contribution in [-0.4, -0.2) is 30.5 Å². The van der Waals surface area contributed by atoms with Gasteiger partial charge in [-0.05, 0) is 31.7 Å². The molecule has 0 spiro atoms. The van der Waals surface area contributed by atoms with Crippen molar-refractivity contribution in [1.29, 1.82) is 0 Å². The van der Waals surface area contributed by atoms with Gasteiger partial charge in [0.1, 0.15) is 0 Å². The first-order valence-electron chi connectivity index (χ1n) is 7.28. The highest BCUT2D eigenvalue weighted by Gasteiger charge is 2.12. The molecule has 1 aromatic rings. The Kier molecular flexibility index (Phi) is 4.83. The molecule has 3 heteroatoms. The summed E-state index contributed by atoms with van der Waals surface area (Å²) in [6.07, 6.45) is 3.80. The lowest BCUT2D eigenvalue weighted by Gasteiger charge is -2.27. The van der Waals surface area contributed by atoms with Crippen LogP contribution in [0.1, 0.15) is 43.2 Å². The molecular formula is C16H25N3. The first-order valence-corrected chi connectivity index (χ1v) is 7.28. The maximum atomic E-state index is 6.08. The number of benzene rings is 1. The summed E-state index contributed by atoms with van der Waals surface area (Å²) in [5, 5.41) is 0. The lowest BCUT2D eigenvalue weighted by atomic mass is 10.00. The molecule has 1 aromatic carbocycles. The Hall–Kier alpha value is -1.51. The van der Waals surface area contributed by atoms with E-state index in [9.17, 15) is 0 Å². The van der Waals surface area contributed by atoms with Gasteiger partial charge in [0.15, 0.2) is 5.96 Å². The van der Waals surface area contributed by atoms with Gasteiger partial charge in [0.2, 0.25) is 0 Å². The minimum Gasteiger partial charge on any atom is -0.370 e. The van der Waals surface area contributed by atoms with Crippen LogP contribution in [0.4, 0.5) is 0 Å². The van der Waals surface area contributed by atoms with Crippen molar-refractivity contribution in [2.24, 2.45) is 10.7 Å². The largest absolute Gasteiger partial charge is 0.370 e. The van der Waals surface area contributed by atoms with Crippen molar-refractivity contribution in [1.82, 2.24) is 4.90 Å². The van der Waals surface area contributed by atoms with Gasteiger partial charge in [-0.1, -0.05) is 36.8 Å². The summed E-state index contributed by atoms with van der Waals surface area (Å²) in [4.78, 5) is 6.79. The Bertz CT molecular complexity index is 433. The molecule has 19 heavy (non-hydrogen) atoms. The standard InChI is InChI=1S/C16H25N3/c1-13-7-6-8-15(11-13)14(2)12-18-16(17)19-9-4-3-5-10-19/h6-8,11,14H,3-5,9-10,12H2,1-2H3,(H2,17,18). The van der Waals surface area contributed by atoms with Crippen LogP contribution < -0.4 is 5.73 Å². The van der Waals surface area contributed by atoms with Crippen LogP contribution >= 0.6 is 0 Å². The summed E-state index contributed by atoms with van der Waals surface area (Å²) >= 11 is 0. The van der Waals surface area contributed by atoms with Crippen molar-refractivity contribution < 1.29 is 0 Å². The van der Waals surface area contributed by atoms with Gasteiger partial charge < -0.3 is 10.6 Å². The predicted octanol–water partition coefficient (Wildman–Crippen LogP) is 2.90. The van der Waals surface area contributed by atoms with E-state index >= 15 is 0 Å². The average Bonchev–Trinajstić information content (AvgIpc) is 2.45. The van der Waals surface area contributed by atoms with Gasteiger partial charge in [0, 0.05) is 25.6 Å². The first-order chi connectivity index (χ1) is 9.16. The maximum absolute atomic E-state index is 6.08. The van der Waals surface area contributed by atoms with E-state index in [1.54, 1.807) is 0 Å². The van der Waals surface area contributed by atoms with Crippen LogP contribution in [0.5, 0.6) is 0 Å². The monoisotopic (exact) mass is 259 g/mol. The number of guanidine groups is 1. The molecule has 3 nitrogen and oxygen atoms in total. The van der Waals surface area contributed by atoms with Gasteiger partial charge in [-0.3, -0.25) is 4.99 Å². The summed E-state index contributed by atoms with van der Waals surface area (Å²) in [6, 6.07) is 8.64. The van der Waals surface area contributed by atoms with Gasteiger partial charge in [0.05, 0.1) is 0 Å². The zero-order valence-electron chi connectivity index (χ0n) is 12.1. The van der Waals surface area contributed by atoms with E-state index in [0.717, 1.165) is 25.6 Å². The van der Waals surface area contributed by atoms with Gasteiger partial charge >= 0.3 is 0 Å². The summed E-state index contributed by atoms with van der Waals surface area (Å²) in [5.41, 5.74) is 8.73. The molecule has 2 rings (SSSR count). The Morgan fingerprint density at radius 1 is 1.32 bits per heavy atom. The molecule has 0 amide bonds. The molecule has 0 radical (unpaired) electrons. The quantitative estimate of drug-likeness (QED) is 0.670. The van der Waals surface area contributed by atoms with E-state index in [-0.39, 0.29) is 0 Å². The second-order valence-electron chi connectivity index (χ2n) is 5.56. The van der Waals surface area contributed by atoms with Crippen molar-refractivity contribution in [3.8, 4) is 0 Å². The Morgan fingerprint density at radius 3 is 2.74 bits per heavy atom. The van der Waals surface area contributed by atoms with Crippen LogP contribution in [0.2, 0.25) is 0 Å². The number of nitrogens with two attached hydrogens (primary N) is 1. The van der Waals surface area contributed by atoms with Crippen molar-refractivity contribution in [3.63, 3.8) is 0 Å². The molecule has 1 aliphatic heterocycles. The second kappa shape index (κ2) is 6.60. The van der Waals surface area contributed by atoms with Gasteiger partial charge in [-0.2, -0.15) is 0 Å². The number of rotatable bonds is 3. The maximum Gasteiger partial charge on any atom is 0.191 e. The molecule has 1 aliphatic rings. The average molecular weight is 259 g/mol. The molecule has 1 saturated heterocycles. The number of hydrogen-bond acceptors (Lipinski definition) is 1. The number of hydrogen-bond donors (Lipinski definition) is 1. The Labute approximate surface area is 116 Å². The molecule has 1 atom stereocenters. The molecule has 2 N–H and O–H groups in total. The minimum atomic E-state index is 0.420. The van der Waals surface area contributed by atoms with E-state index in [1.165, 1.54) is 30.4 Å². The van der Waals surface area contributed by atoms with Gasteiger partial charge in [0.25, 0.3) is 0 Å². The third-order valence-electron chi connectivity index (χ3n) is 3.82. The molecule has 0 bridgehead atoms. The molecule has 0 saturated carbocycles. The van der Waals surface area contributed by atoms with Crippen molar-refractivity contribution in [3.05, 3.63) is 35.4 Å². The summed E-state index contributed by atoms with van der Waals surface area (Å²) < 4.78 is 0. The molecule has 104 valence electrons. The molecule has 0 aliphatic carbocycles. The van der Waals surface area contributed by atoms with Crippen molar-refractivity contribution in [2.45, 2.75) is 39.0 Å². The Morgan fingerprint density at radius 2 is 2.05 bits per heavy atom. The second-order valence-corrected chi connectivity index (χ2v) is 5.56. The number of aryl methyl sites for hydroxylation is 1. The first kappa shape index (κ1) is 13.9. The fraction of sp³-hybridized carbons (Fsp3) is 0.562. The van der Waals surface area contributed by atoms with Crippen LogP contribution in [0, 0.1) is 6.92 Å². The highest BCUT2D eigenvalue weighted by molar-refractivity contribution is 5.78. The number of nitrogens with zero attached hydrogens (tertiary/aromatic N) is 2. The third kappa shape index (κ3) is 3.98. The van der Waals surface area contributed by atoms with Gasteiger partial charge in [-0.25, -0.2) is 0 Å². The highest BCUT2D eigenvalue weighted by Crippen LogP contribution is 2.17. The molecule has 1 fully saturated rings. The molecule has 1 heterocycles. The van der Waals surface area contributed by atoms with Crippen LogP contribution in [0.15, 0.2) is 29.3 Å². The zero-order valence-corrected chi connectivity index (χ0v) is 12.1. The summed E-state index contributed by atoms with van der Waals surface area (Å²) in [5.74, 6) is 1.14. The lowest BCUT2D eigenvalue weighted by molar-refractivity contribution is 0.338. The zero-order chi connectivity index (χ0) is 13.7. The minimum absolute atomic E-state index is 0.420. The molecule has 0 aromatic heterocycles. The molecular weight excluding hydrogens is 234 g/mol. The van der Waals surface area contributed by atoms with Crippen LogP contribution in [0.3, 0.4) is 0 Å². The van der Waals surface area contributed by atoms with E-state index in [2.05, 4.69) is 48.0 Å². The third-order valence-corrected chi connectivity index (χ3v) is 3.82. The van der Waals surface area contributed by atoms with Crippen molar-refractivity contribution in [2.75, 3.05) is 19.6 Å². The highest BCUT2D eigenvalue weighted by atomic mass is 15.2. The smallest absolute Gasteiger partial charge is 0.191 e. The summed E-state index contributed by atoms with van der Waals surface area (Å²) in [6.45, 7) is 7.23. The summed E-state index contributed by atoms with van der Waals surface area (Å²) in [7, 11) is 0. The SMILES string of the molecule is Cc1cccc(C(C)CN=C(N)N2CCCCC2)c1. The van der Waals surface area contributed by atoms with E-state index in [4.69, 9.17) is 5.73 Å². The number of aliphatic imine (C=N–C) groups is 1. The fourth-order valence-electron chi connectivity index (χ4n) is 2.54. The number of likely N-dealkylation sites (tertiary alicyclic amines) is 1. The van der Waals surface area contributed by atoms with Crippen molar-refractivity contribution >= 4 is 5.96 Å². The molecule has 1 unspecified atom stereocenters. The fourth-order valence-corrected chi connectivity index (χ4v) is 2.54. The predicted molar refractivity (Wildman–Crippen MR) is 81.5 cm³/mol. The normalized spacial score (nSPS) is 18.4. The lowest BCUT2D eigenvalue weighted by Crippen LogP contribution is -2.41. The van der Waals surface area contributed by atoms with Crippen LogP contribution in [-0.2, 0) is 0 Å². The van der Waals surface area contributed by atoms with E-state index in [0.29, 0.717) is 5.92 Å².